The average molecular weight is 327 g/mol. The van der Waals surface area contributed by atoms with E-state index in [-0.39, 0.29) is 0 Å². The number of benzene rings is 1. The van der Waals surface area contributed by atoms with Gasteiger partial charge in [-0.3, -0.25) is 0 Å². The minimum absolute atomic E-state index is 0.451. The van der Waals surface area contributed by atoms with Crippen molar-refractivity contribution in [3.63, 3.8) is 0 Å². The minimum Gasteiger partial charge on any atom is -0.497 e. The summed E-state index contributed by atoms with van der Waals surface area (Å²) in [5.41, 5.74) is 3.62. The van der Waals surface area contributed by atoms with Crippen molar-refractivity contribution in [3.8, 4) is 5.75 Å². The number of amidine groups is 1. The molecule has 0 atom stereocenters. The molecule has 118 valence electrons. The maximum atomic E-state index is 11.2. The molecule has 1 aromatic carbocycles. The van der Waals surface area contributed by atoms with Gasteiger partial charge in [0.05, 0.1) is 28.9 Å². The third-order valence-corrected chi connectivity index (χ3v) is 4.18. The van der Waals surface area contributed by atoms with Crippen LogP contribution in [0.15, 0.2) is 52.1 Å². The molecule has 0 fully saturated rings. The van der Waals surface area contributed by atoms with Crippen molar-refractivity contribution in [1.82, 2.24) is 0 Å². The van der Waals surface area contributed by atoms with Crippen LogP contribution in [0.25, 0.3) is 0 Å². The van der Waals surface area contributed by atoms with E-state index < -0.39 is 0 Å². The van der Waals surface area contributed by atoms with Crippen molar-refractivity contribution in [1.29, 1.82) is 0 Å². The lowest BCUT2D eigenvalue weighted by Crippen LogP contribution is -2.14. The van der Waals surface area contributed by atoms with Gasteiger partial charge in [-0.2, -0.15) is 0 Å². The van der Waals surface area contributed by atoms with Gasteiger partial charge in [-0.1, -0.05) is 6.08 Å². The Bertz CT molecular complexity index is 828. The Morgan fingerprint density at radius 2 is 2.09 bits per heavy atom. The fraction of sp³-hybridized carbons (Fsp3) is 0.235. The zero-order valence-electron chi connectivity index (χ0n) is 13.2. The molecule has 1 aliphatic carbocycles. The van der Waals surface area contributed by atoms with Gasteiger partial charge in [-0.05, 0) is 35.9 Å². The lowest BCUT2D eigenvalue weighted by atomic mass is 10.1. The van der Waals surface area contributed by atoms with E-state index in [0.29, 0.717) is 34.1 Å². The van der Waals surface area contributed by atoms with E-state index in [0.717, 1.165) is 22.7 Å². The number of hydrogen-bond donors (Lipinski definition) is 0. The van der Waals surface area contributed by atoms with Crippen molar-refractivity contribution in [2.75, 3.05) is 26.1 Å². The van der Waals surface area contributed by atoms with Gasteiger partial charge >= 0.3 is 0 Å². The number of fused-ring (bicyclic) bond motifs is 1. The van der Waals surface area contributed by atoms with Gasteiger partial charge in [0.25, 0.3) is 0 Å². The van der Waals surface area contributed by atoms with E-state index >= 15 is 0 Å². The number of rotatable bonds is 4. The predicted molar refractivity (Wildman–Crippen MR) is 96.3 cm³/mol. The molecule has 0 saturated carbocycles. The van der Waals surface area contributed by atoms with Crippen LogP contribution < -0.4 is 9.64 Å². The number of ether oxygens (including phenoxy) is 1. The van der Waals surface area contributed by atoms with Crippen molar-refractivity contribution in [3.05, 3.63) is 47.7 Å². The molecule has 0 aromatic heterocycles. The normalized spacial score (nSPS) is 15.6. The van der Waals surface area contributed by atoms with Crippen LogP contribution in [-0.4, -0.2) is 41.8 Å². The Morgan fingerprint density at radius 1 is 1.26 bits per heavy atom. The molecule has 0 radical (unpaired) electrons. The maximum Gasteiger partial charge on any atom is 0.134 e. The van der Waals surface area contributed by atoms with Gasteiger partial charge in [0, 0.05) is 26.2 Å². The van der Waals surface area contributed by atoms with Gasteiger partial charge in [-0.15, -0.1) is 0 Å². The van der Waals surface area contributed by atoms with Gasteiger partial charge in [0.15, 0.2) is 0 Å². The molecule has 23 heavy (non-hydrogen) atoms. The molecule has 5 nitrogen and oxygen atoms in total. The second-order valence-electron chi connectivity index (χ2n) is 5.41. The summed E-state index contributed by atoms with van der Waals surface area (Å²) in [5.74, 6) is 1.51. The van der Waals surface area contributed by atoms with E-state index in [1.165, 1.54) is 0 Å². The molecular weight excluding hydrogens is 310 g/mol. The lowest BCUT2D eigenvalue weighted by Gasteiger charge is -2.18. The molecule has 1 heterocycles. The third kappa shape index (κ3) is 3.03. The Labute approximate surface area is 138 Å². The van der Waals surface area contributed by atoms with Crippen molar-refractivity contribution < 1.29 is 8.95 Å². The van der Waals surface area contributed by atoms with E-state index in [9.17, 15) is 4.21 Å². The van der Waals surface area contributed by atoms with Crippen LogP contribution in [0.1, 0.15) is 5.56 Å². The average Bonchev–Trinajstić information content (AvgIpc) is 2.96. The van der Waals surface area contributed by atoms with Crippen LogP contribution in [0.5, 0.6) is 5.75 Å². The molecule has 2 aliphatic rings. The van der Waals surface area contributed by atoms with Gasteiger partial charge in [0.2, 0.25) is 0 Å². The SMILES string of the molecule is COc1ccc(N(C)C)c(CC2=NC3=CC=CC(=S=O)C3=N2)c1. The Morgan fingerprint density at radius 3 is 2.78 bits per heavy atom. The van der Waals surface area contributed by atoms with E-state index in [1.807, 2.05) is 44.4 Å². The van der Waals surface area contributed by atoms with Gasteiger partial charge < -0.3 is 9.64 Å². The first-order chi connectivity index (χ1) is 11.1. The summed E-state index contributed by atoms with van der Waals surface area (Å²) in [6, 6.07) is 5.96. The summed E-state index contributed by atoms with van der Waals surface area (Å²) < 4.78 is 16.5. The molecule has 0 amide bonds. The second kappa shape index (κ2) is 6.34. The summed E-state index contributed by atoms with van der Waals surface area (Å²) >= 11 is 0.451. The number of aliphatic imine (C=N–C) groups is 2. The Kier molecular flexibility index (Phi) is 4.25. The minimum atomic E-state index is 0.451. The summed E-state index contributed by atoms with van der Waals surface area (Å²) in [5, 5.41) is 0. The number of allylic oxidation sites excluding steroid dienone is 4. The molecule has 0 unspecified atom stereocenters. The first kappa shape index (κ1) is 15.4. The van der Waals surface area contributed by atoms with Crippen LogP contribution in [0.2, 0.25) is 0 Å². The van der Waals surface area contributed by atoms with E-state index in [1.54, 1.807) is 13.2 Å². The standard InChI is InChI=1S/C17H17N3O2S/c1-20(2)14-8-7-12(22-3)9-11(14)10-16-18-13-5-4-6-15(23-21)17(13)19-16/h4-9H,10H2,1-3H3. The highest BCUT2D eigenvalue weighted by Crippen LogP contribution is 2.26. The largest absolute Gasteiger partial charge is 0.497 e. The van der Waals surface area contributed by atoms with Crippen LogP contribution >= 0.6 is 0 Å². The first-order valence-corrected chi connectivity index (χ1v) is 7.93. The first-order valence-electron chi connectivity index (χ1n) is 7.18. The van der Waals surface area contributed by atoms with Crippen LogP contribution in [0.3, 0.4) is 0 Å². The van der Waals surface area contributed by atoms with Gasteiger partial charge in [-0.25, -0.2) is 14.2 Å². The zero-order valence-corrected chi connectivity index (χ0v) is 14.1. The Balaban J connectivity index is 1.95. The molecule has 6 heteroatoms. The molecule has 0 spiro atoms. The van der Waals surface area contributed by atoms with E-state index in [4.69, 9.17) is 4.74 Å². The van der Waals surface area contributed by atoms with Crippen LogP contribution in [0, 0.1) is 0 Å². The predicted octanol–water partition coefficient (Wildman–Crippen LogP) is 2.00. The smallest absolute Gasteiger partial charge is 0.134 e. The van der Waals surface area contributed by atoms with Gasteiger partial charge in [0.1, 0.15) is 17.3 Å². The van der Waals surface area contributed by atoms with Crippen molar-refractivity contribution in [2.24, 2.45) is 9.98 Å². The highest BCUT2D eigenvalue weighted by Gasteiger charge is 2.22. The highest BCUT2D eigenvalue weighted by atomic mass is 32.1. The molecule has 0 bridgehead atoms. The number of nitrogens with zero attached hydrogens (tertiary/aromatic N) is 3. The molecule has 1 aromatic rings. The monoisotopic (exact) mass is 327 g/mol. The summed E-state index contributed by atoms with van der Waals surface area (Å²) in [6.45, 7) is 0. The number of hydrogen-bond acceptors (Lipinski definition) is 5. The third-order valence-electron chi connectivity index (χ3n) is 3.67. The highest BCUT2D eigenvalue weighted by molar-refractivity contribution is 7.69. The fourth-order valence-electron chi connectivity index (χ4n) is 2.59. The quantitative estimate of drug-likeness (QED) is 0.795. The fourth-order valence-corrected chi connectivity index (χ4v) is 2.95. The summed E-state index contributed by atoms with van der Waals surface area (Å²) in [4.78, 5) is 11.8. The number of anilines is 1. The topological polar surface area (TPSA) is 54.3 Å². The van der Waals surface area contributed by atoms with Crippen molar-refractivity contribution in [2.45, 2.75) is 6.42 Å². The Hall–Kier alpha value is -2.47. The zero-order chi connectivity index (χ0) is 16.4. The summed E-state index contributed by atoms with van der Waals surface area (Å²) in [6.07, 6.45) is 6.07. The lowest BCUT2D eigenvalue weighted by molar-refractivity contribution is 0.414. The summed E-state index contributed by atoms with van der Waals surface area (Å²) in [7, 11) is 5.65. The molecule has 0 saturated heterocycles. The van der Waals surface area contributed by atoms with Crippen LogP contribution in [-0.2, 0) is 17.7 Å². The van der Waals surface area contributed by atoms with Crippen molar-refractivity contribution >= 4 is 33.4 Å². The maximum absolute atomic E-state index is 11.2. The number of methoxy groups -OCH3 is 1. The molecular formula is C17H17N3O2S. The second-order valence-corrected chi connectivity index (χ2v) is 6.02. The molecule has 1 aliphatic heterocycles. The van der Waals surface area contributed by atoms with E-state index in [2.05, 4.69) is 14.9 Å². The molecule has 0 N–H and O–H groups in total. The molecule has 3 rings (SSSR count). The van der Waals surface area contributed by atoms with Crippen LogP contribution in [0.4, 0.5) is 5.69 Å².